The molecule has 7 nitrogen and oxygen atoms in total. The number of hydrogen-bond acceptors (Lipinski definition) is 5. The molecule has 1 N–H and O–H groups in total. The number of methoxy groups -OCH3 is 1. The molecule has 3 aromatic rings. The van der Waals surface area contributed by atoms with E-state index in [1.54, 1.807) is 18.2 Å². The highest BCUT2D eigenvalue weighted by molar-refractivity contribution is 7.92. The van der Waals surface area contributed by atoms with E-state index in [1.807, 2.05) is 30.7 Å². The highest BCUT2D eigenvalue weighted by atomic mass is 32.2. The third-order valence-electron chi connectivity index (χ3n) is 4.26. The Bertz CT molecular complexity index is 1170. The molecule has 0 aliphatic heterocycles. The van der Waals surface area contributed by atoms with Gasteiger partial charge < -0.3 is 4.74 Å². The van der Waals surface area contributed by atoms with Crippen molar-refractivity contribution in [1.29, 1.82) is 0 Å². The molecule has 9 heteroatoms. The molecule has 0 aliphatic rings. The van der Waals surface area contributed by atoms with E-state index in [4.69, 9.17) is 0 Å². The normalized spacial score (nSPS) is 11.3. The first-order valence-electron chi connectivity index (χ1n) is 8.70. The predicted molar refractivity (Wildman–Crippen MR) is 106 cm³/mol. The lowest BCUT2D eigenvalue weighted by atomic mass is 10.2. The summed E-state index contributed by atoms with van der Waals surface area (Å²) in [6.45, 7) is 4.29. The molecule has 3 rings (SSSR count). The molecular formula is C20H20FN3O4S. The van der Waals surface area contributed by atoms with E-state index in [1.165, 1.54) is 0 Å². The largest absolute Gasteiger partial charge is 0.465 e. The fourth-order valence-electron chi connectivity index (χ4n) is 2.91. The molecule has 0 radical (unpaired) electrons. The number of nitrogens with one attached hydrogen (secondary N) is 1. The lowest BCUT2D eigenvalue weighted by Gasteiger charge is -2.12. The number of aryl methyl sites for hydroxylation is 2. The zero-order valence-electron chi connectivity index (χ0n) is 16.1. The van der Waals surface area contributed by atoms with E-state index in [2.05, 4.69) is 14.6 Å². The van der Waals surface area contributed by atoms with Gasteiger partial charge in [0.05, 0.1) is 24.9 Å². The molecule has 1 aromatic heterocycles. The topological polar surface area (TPSA) is 90.3 Å². The molecule has 0 spiro atoms. The number of nitrogens with zero attached hydrogens (tertiary/aromatic N) is 2. The summed E-state index contributed by atoms with van der Waals surface area (Å²) < 4.78 is 48.3. The number of benzene rings is 2. The average Bonchev–Trinajstić information content (AvgIpc) is 2.98. The molecule has 152 valence electrons. The first-order valence-corrected chi connectivity index (χ1v) is 10.2. The number of ether oxygens (including phenoxy) is 1. The Balaban J connectivity index is 1.88. The summed E-state index contributed by atoms with van der Waals surface area (Å²) in [7, 11) is -3.10. The van der Waals surface area contributed by atoms with Crippen molar-refractivity contribution in [1.82, 2.24) is 9.78 Å². The molecule has 0 amide bonds. The van der Waals surface area contributed by atoms with Crippen molar-refractivity contribution in [2.45, 2.75) is 25.3 Å². The van der Waals surface area contributed by atoms with Gasteiger partial charge in [-0.15, -0.1) is 0 Å². The number of carbonyl (C=O) groups excluding carboxylic acids is 1. The second-order valence-corrected chi connectivity index (χ2v) is 8.18. The maximum absolute atomic E-state index is 14.2. The van der Waals surface area contributed by atoms with Gasteiger partial charge in [-0.2, -0.15) is 5.10 Å². The van der Waals surface area contributed by atoms with Gasteiger partial charge in [0, 0.05) is 11.4 Å². The minimum Gasteiger partial charge on any atom is -0.465 e. The van der Waals surface area contributed by atoms with Crippen molar-refractivity contribution in [2.24, 2.45) is 0 Å². The number of hydrogen-bond donors (Lipinski definition) is 1. The summed E-state index contributed by atoms with van der Waals surface area (Å²) in [5.74, 6) is -1.72. The second-order valence-electron chi connectivity index (χ2n) is 6.53. The summed E-state index contributed by atoms with van der Waals surface area (Å²) >= 11 is 0. The van der Waals surface area contributed by atoms with Crippen molar-refractivity contribution in [3.8, 4) is 0 Å². The monoisotopic (exact) mass is 417 g/mol. The number of rotatable bonds is 6. The van der Waals surface area contributed by atoms with Gasteiger partial charge in [-0.05, 0) is 55.8 Å². The van der Waals surface area contributed by atoms with E-state index in [0.717, 1.165) is 42.3 Å². The van der Waals surface area contributed by atoms with Crippen LogP contribution < -0.4 is 4.72 Å². The van der Waals surface area contributed by atoms with Gasteiger partial charge in [0.1, 0.15) is 10.7 Å². The zero-order valence-corrected chi connectivity index (χ0v) is 17.0. The molecule has 1 heterocycles. The lowest BCUT2D eigenvalue weighted by Crippen LogP contribution is -2.16. The van der Waals surface area contributed by atoms with Crippen molar-refractivity contribution in [2.75, 3.05) is 11.8 Å². The molecule has 0 bridgehead atoms. The Morgan fingerprint density at radius 3 is 2.59 bits per heavy atom. The lowest BCUT2D eigenvalue weighted by molar-refractivity contribution is 0.0600. The van der Waals surface area contributed by atoms with Gasteiger partial charge in [-0.25, -0.2) is 17.6 Å². The van der Waals surface area contributed by atoms with E-state index in [0.29, 0.717) is 6.54 Å². The van der Waals surface area contributed by atoms with Crippen LogP contribution in [-0.4, -0.2) is 31.3 Å². The van der Waals surface area contributed by atoms with Gasteiger partial charge >= 0.3 is 5.97 Å². The molecular weight excluding hydrogens is 397 g/mol. The van der Waals surface area contributed by atoms with Crippen LogP contribution in [0.25, 0.3) is 0 Å². The number of anilines is 1. The first kappa shape index (κ1) is 20.5. The summed E-state index contributed by atoms with van der Waals surface area (Å²) in [4.78, 5) is 11.0. The van der Waals surface area contributed by atoms with Crippen LogP contribution in [0.5, 0.6) is 0 Å². The maximum Gasteiger partial charge on any atom is 0.337 e. The number of aromatic nitrogens is 2. The Hall–Kier alpha value is -3.20. The van der Waals surface area contributed by atoms with Gasteiger partial charge in [-0.1, -0.05) is 12.1 Å². The highest BCUT2D eigenvalue weighted by Crippen LogP contribution is 2.22. The number of carbonyl (C=O) groups is 1. The third kappa shape index (κ3) is 4.62. The highest BCUT2D eigenvalue weighted by Gasteiger charge is 2.22. The fraction of sp³-hybridized carbons (Fsp3) is 0.200. The van der Waals surface area contributed by atoms with Crippen LogP contribution >= 0.6 is 0 Å². The Labute approximate surface area is 168 Å². The van der Waals surface area contributed by atoms with Crippen LogP contribution in [0.1, 0.15) is 27.3 Å². The zero-order chi connectivity index (χ0) is 21.2. The van der Waals surface area contributed by atoms with Gasteiger partial charge in [0.2, 0.25) is 0 Å². The summed E-state index contributed by atoms with van der Waals surface area (Å²) in [5.41, 5.74) is 2.90. The van der Waals surface area contributed by atoms with Crippen LogP contribution in [0, 0.1) is 19.7 Å². The second kappa shape index (κ2) is 8.04. The Kier molecular flexibility index (Phi) is 5.69. The summed E-state index contributed by atoms with van der Waals surface area (Å²) in [6.07, 6.45) is 0. The molecule has 0 atom stereocenters. The van der Waals surface area contributed by atoms with E-state index in [-0.39, 0.29) is 11.3 Å². The van der Waals surface area contributed by atoms with Gasteiger partial charge in [0.15, 0.2) is 0 Å². The van der Waals surface area contributed by atoms with Crippen LogP contribution in [0.3, 0.4) is 0 Å². The maximum atomic E-state index is 14.2. The molecule has 0 fully saturated rings. The fourth-order valence-corrected chi connectivity index (χ4v) is 4.06. The van der Waals surface area contributed by atoms with Crippen molar-refractivity contribution in [3.63, 3.8) is 0 Å². The quantitative estimate of drug-likeness (QED) is 0.622. The summed E-state index contributed by atoms with van der Waals surface area (Å²) in [6, 6.07) is 11.7. The summed E-state index contributed by atoms with van der Waals surface area (Å²) in [5, 5.41) is 4.39. The van der Waals surface area contributed by atoms with E-state index in [9.17, 15) is 17.6 Å². The third-order valence-corrected chi connectivity index (χ3v) is 5.65. The standard InChI is InChI=1S/C20H20FN3O4S/c1-13-9-14(2)24(22-13)12-15-5-4-6-17(10-15)23-29(26,27)19-11-16(20(25)28-3)7-8-18(19)21/h4-11,23H,12H2,1-3H3. The Morgan fingerprint density at radius 1 is 1.17 bits per heavy atom. The smallest absolute Gasteiger partial charge is 0.337 e. The number of sulfonamides is 1. The SMILES string of the molecule is COC(=O)c1ccc(F)c(S(=O)(=O)Nc2cccc(Cn3nc(C)cc3C)c2)c1. The predicted octanol–water partition coefficient (Wildman–Crippen LogP) is 3.27. The van der Waals surface area contributed by atoms with Crippen LogP contribution in [0.15, 0.2) is 53.4 Å². The number of halogens is 1. The van der Waals surface area contributed by atoms with Crippen molar-refractivity contribution < 1.29 is 22.3 Å². The molecule has 29 heavy (non-hydrogen) atoms. The van der Waals surface area contributed by atoms with Crippen LogP contribution in [-0.2, 0) is 21.3 Å². The van der Waals surface area contributed by atoms with Crippen molar-refractivity contribution in [3.05, 3.63) is 76.9 Å². The van der Waals surface area contributed by atoms with Gasteiger partial charge in [-0.3, -0.25) is 9.40 Å². The Morgan fingerprint density at radius 2 is 1.93 bits per heavy atom. The van der Waals surface area contributed by atoms with Crippen molar-refractivity contribution >= 4 is 21.7 Å². The minimum absolute atomic E-state index is 0.0625. The van der Waals surface area contributed by atoms with Crippen LogP contribution in [0.4, 0.5) is 10.1 Å². The van der Waals surface area contributed by atoms with Crippen LogP contribution in [0.2, 0.25) is 0 Å². The average molecular weight is 417 g/mol. The number of esters is 1. The van der Waals surface area contributed by atoms with Gasteiger partial charge in [0.25, 0.3) is 10.0 Å². The van der Waals surface area contributed by atoms with E-state index < -0.39 is 26.7 Å². The molecule has 0 unspecified atom stereocenters. The molecule has 0 aliphatic carbocycles. The molecule has 0 saturated carbocycles. The first-order chi connectivity index (χ1) is 13.7. The molecule has 2 aromatic carbocycles. The molecule has 0 saturated heterocycles. The minimum atomic E-state index is -4.26. The van der Waals surface area contributed by atoms with E-state index >= 15 is 0 Å².